The van der Waals surface area contributed by atoms with Gasteiger partial charge in [0.25, 0.3) is 0 Å². The molecule has 2 nitrogen and oxygen atoms in total. The summed E-state index contributed by atoms with van der Waals surface area (Å²) in [4.78, 5) is 12.0. The summed E-state index contributed by atoms with van der Waals surface area (Å²) in [7, 11) is 0. The number of ketones is 1. The van der Waals surface area contributed by atoms with Gasteiger partial charge < -0.3 is 4.42 Å². The van der Waals surface area contributed by atoms with Crippen molar-refractivity contribution in [1.82, 2.24) is 0 Å². The highest BCUT2D eigenvalue weighted by molar-refractivity contribution is 5.93. The van der Waals surface area contributed by atoms with Crippen LogP contribution in [0.3, 0.4) is 0 Å². The lowest BCUT2D eigenvalue weighted by Crippen LogP contribution is -2.15. The van der Waals surface area contributed by atoms with Crippen molar-refractivity contribution in [3.63, 3.8) is 0 Å². The maximum atomic E-state index is 12.0. The molecule has 2 aliphatic carbocycles. The summed E-state index contributed by atoms with van der Waals surface area (Å²) in [6, 6.07) is 3.68. The molecular weight excluding hydrogens is 200 g/mol. The van der Waals surface area contributed by atoms with Gasteiger partial charge in [0.15, 0.2) is 11.5 Å². The highest BCUT2D eigenvalue weighted by Crippen LogP contribution is 2.49. The van der Waals surface area contributed by atoms with Crippen molar-refractivity contribution in [3.05, 3.63) is 23.7 Å². The second-order valence-electron chi connectivity index (χ2n) is 5.47. The average Bonchev–Trinajstić information content (AvgIpc) is 2.92. The minimum Gasteiger partial charge on any atom is -0.458 e. The SMILES string of the molecule is Cc1ccc(C(=O)CC2CC3CCC2C3)o1. The lowest BCUT2D eigenvalue weighted by Gasteiger charge is -2.20. The molecule has 0 spiro atoms. The zero-order valence-corrected chi connectivity index (χ0v) is 9.74. The van der Waals surface area contributed by atoms with Gasteiger partial charge in [0.2, 0.25) is 0 Å². The van der Waals surface area contributed by atoms with Gasteiger partial charge in [0.1, 0.15) is 5.76 Å². The zero-order valence-electron chi connectivity index (χ0n) is 9.74. The number of fused-ring (bicyclic) bond motifs is 2. The number of rotatable bonds is 3. The predicted octanol–water partition coefficient (Wildman–Crippen LogP) is 3.60. The quantitative estimate of drug-likeness (QED) is 0.726. The van der Waals surface area contributed by atoms with E-state index in [0.717, 1.165) is 17.6 Å². The molecular formula is C14H18O2. The fourth-order valence-corrected chi connectivity index (χ4v) is 3.55. The van der Waals surface area contributed by atoms with E-state index in [4.69, 9.17) is 4.42 Å². The summed E-state index contributed by atoms with van der Waals surface area (Å²) in [5, 5.41) is 0. The second kappa shape index (κ2) is 3.76. The predicted molar refractivity (Wildman–Crippen MR) is 61.3 cm³/mol. The summed E-state index contributed by atoms with van der Waals surface area (Å²) in [5.41, 5.74) is 0. The Kier molecular flexibility index (Phi) is 2.38. The van der Waals surface area contributed by atoms with Crippen LogP contribution in [0.15, 0.2) is 16.5 Å². The topological polar surface area (TPSA) is 30.2 Å². The van der Waals surface area contributed by atoms with Crippen LogP contribution in [-0.2, 0) is 0 Å². The number of aryl methyl sites for hydroxylation is 1. The molecule has 0 amide bonds. The molecule has 16 heavy (non-hydrogen) atoms. The molecule has 3 atom stereocenters. The molecule has 86 valence electrons. The van der Waals surface area contributed by atoms with Crippen LogP contribution in [0, 0.1) is 24.7 Å². The summed E-state index contributed by atoms with van der Waals surface area (Å²) in [6.07, 6.45) is 6.09. The van der Waals surface area contributed by atoms with Crippen molar-refractivity contribution in [2.45, 2.75) is 39.0 Å². The molecule has 0 aromatic carbocycles. The molecule has 2 heteroatoms. The van der Waals surface area contributed by atoms with Crippen molar-refractivity contribution >= 4 is 5.78 Å². The molecule has 0 saturated heterocycles. The van der Waals surface area contributed by atoms with Gasteiger partial charge in [-0.05, 0) is 56.1 Å². The minimum absolute atomic E-state index is 0.200. The number of hydrogen-bond acceptors (Lipinski definition) is 2. The first-order valence-corrected chi connectivity index (χ1v) is 6.32. The van der Waals surface area contributed by atoms with Crippen LogP contribution in [0.5, 0.6) is 0 Å². The van der Waals surface area contributed by atoms with Gasteiger partial charge >= 0.3 is 0 Å². The first-order chi connectivity index (χ1) is 7.72. The summed E-state index contributed by atoms with van der Waals surface area (Å²) >= 11 is 0. The summed E-state index contributed by atoms with van der Waals surface area (Å²) in [5.74, 6) is 3.96. The summed E-state index contributed by atoms with van der Waals surface area (Å²) in [6.45, 7) is 1.88. The molecule has 3 unspecified atom stereocenters. The average molecular weight is 218 g/mol. The minimum atomic E-state index is 0.200. The van der Waals surface area contributed by atoms with Crippen LogP contribution >= 0.6 is 0 Å². The molecule has 0 aliphatic heterocycles. The second-order valence-corrected chi connectivity index (χ2v) is 5.47. The van der Waals surface area contributed by atoms with Gasteiger partial charge in [-0.25, -0.2) is 0 Å². The van der Waals surface area contributed by atoms with Gasteiger partial charge in [-0.3, -0.25) is 4.79 Å². The first-order valence-electron chi connectivity index (χ1n) is 6.32. The molecule has 1 aromatic rings. The third-order valence-electron chi connectivity index (χ3n) is 4.35. The molecule has 0 N–H and O–H groups in total. The molecule has 2 bridgehead atoms. The van der Waals surface area contributed by atoms with E-state index in [0.29, 0.717) is 18.1 Å². The van der Waals surface area contributed by atoms with Crippen molar-refractivity contribution in [2.75, 3.05) is 0 Å². The van der Waals surface area contributed by atoms with Crippen LogP contribution in [0.25, 0.3) is 0 Å². The van der Waals surface area contributed by atoms with Crippen molar-refractivity contribution in [1.29, 1.82) is 0 Å². The number of Topliss-reactive ketones (excluding diaryl/α,β-unsaturated/α-hetero) is 1. The van der Waals surface area contributed by atoms with Crippen LogP contribution in [0.1, 0.15) is 48.4 Å². The zero-order chi connectivity index (χ0) is 11.1. The van der Waals surface area contributed by atoms with E-state index in [-0.39, 0.29) is 5.78 Å². The Balaban J connectivity index is 1.65. The lowest BCUT2D eigenvalue weighted by atomic mass is 9.85. The third-order valence-corrected chi connectivity index (χ3v) is 4.35. The fourth-order valence-electron chi connectivity index (χ4n) is 3.55. The van der Waals surface area contributed by atoms with Crippen LogP contribution in [-0.4, -0.2) is 5.78 Å². The van der Waals surface area contributed by atoms with Gasteiger partial charge in [0, 0.05) is 6.42 Å². The summed E-state index contributed by atoms with van der Waals surface area (Å²) < 4.78 is 5.39. The maximum Gasteiger partial charge on any atom is 0.198 e. The highest BCUT2D eigenvalue weighted by Gasteiger charge is 2.40. The van der Waals surface area contributed by atoms with E-state index < -0.39 is 0 Å². The van der Waals surface area contributed by atoms with Crippen LogP contribution in [0.2, 0.25) is 0 Å². The van der Waals surface area contributed by atoms with Crippen molar-refractivity contribution in [3.8, 4) is 0 Å². The van der Waals surface area contributed by atoms with Crippen molar-refractivity contribution in [2.24, 2.45) is 17.8 Å². The Bertz CT molecular complexity index is 405. The van der Waals surface area contributed by atoms with E-state index in [1.54, 1.807) is 0 Å². The van der Waals surface area contributed by atoms with E-state index >= 15 is 0 Å². The van der Waals surface area contributed by atoms with Gasteiger partial charge in [-0.15, -0.1) is 0 Å². The molecule has 2 fully saturated rings. The Labute approximate surface area is 96.0 Å². The molecule has 2 aliphatic rings. The van der Waals surface area contributed by atoms with Gasteiger partial charge in [0.05, 0.1) is 0 Å². The van der Waals surface area contributed by atoms with Crippen molar-refractivity contribution < 1.29 is 9.21 Å². The van der Waals surface area contributed by atoms with Gasteiger partial charge in [-0.2, -0.15) is 0 Å². The number of hydrogen-bond donors (Lipinski definition) is 0. The smallest absolute Gasteiger partial charge is 0.198 e. The molecule has 1 heterocycles. The number of carbonyl (C=O) groups is 1. The molecule has 2 saturated carbocycles. The van der Waals surface area contributed by atoms with E-state index in [9.17, 15) is 4.79 Å². The Morgan fingerprint density at radius 2 is 2.25 bits per heavy atom. The standard InChI is InChI=1S/C14H18O2/c1-9-2-5-14(16-9)13(15)8-12-7-10-3-4-11(12)6-10/h2,5,10-12H,3-4,6-8H2,1H3. The normalized spacial score (nSPS) is 32.2. The lowest BCUT2D eigenvalue weighted by molar-refractivity contribution is 0.0915. The fraction of sp³-hybridized carbons (Fsp3) is 0.643. The number of carbonyl (C=O) groups excluding carboxylic acids is 1. The highest BCUT2D eigenvalue weighted by atomic mass is 16.3. The molecule has 0 radical (unpaired) electrons. The van der Waals surface area contributed by atoms with E-state index in [1.807, 2.05) is 19.1 Å². The molecule has 3 rings (SSSR count). The largest absolute Gasteiger partial charge is 0.458 e. The Morgan fingerprint density at radius 1 is 1.38 bits per heavy atom. The molecule has 1 aromatic heterocycles. The monoisotopic (exact) mass is 218 g/mol. The Hall–Kier alpha value is -1.05. The van der Waals surface area contributed by atoms with Gasteiger partial charge in [-0.1, -0.05) is 6.42 Å². The number of furan rings is 1. The van der Waals surface area contributed by atoms with E-state index in [2.05, 4.69) is 0 Å². The maximum absolute atomic E-state index is 12.0. The Morgan fingerprint density at radius 3 is 2.81 bits per heavy atom. The van der Waals surface area contributed by atoms with E-state index in [1.165, 1.54) is 25.7 Å². The third kappa shape index (κ3) is 1.70. The first kappa shape index (κ1) is 10.1. The van der Waals surface area contributed by atoms with Crippen LogP contribution in [0.4, 0.5) is 0 Å². The van der Waals surface area contributed by atoms with Crippen LogP contribution < -0.4 is 0 Å².